The van der Waals surface area contributed by atoms with Gasteiger partial charge < -0.3 is 15.4 Å². The third kappa shape index (κ3) is 4.82. The van der Waals surface area contributed by atoms with E-state index in [-0.39, 0.29) is 29.8 Å². The molecule has 0 saturated carbocycles. The fraction of sp³-hybridized carbons (Fsp3) is 0.917. The van der Waals surface area contributed by atoms with Gasteiger partial charge in [0.15, 0.2) is 0 Å². The van der Waals surface area contributed by atoms with Crippen LogP contribution >= 0.6 is 12.4 Å². The van der Waals surface area contributed by atoms with E-state index in [0.29, 0.717) is 6.54 Å². The molecule has 1 saturated heterocycles. The number of rotatable bonds is 3. The maximum atomic E-state index is 12.0. The van der Waals surface area contributed by atoms with Crippen molar-refractivity contribution in [2.24, 2.45) is 11.1 Å². The van der Waals surface area contributed by atoms with E-state index in [1.54, 1.807) is 11.9 Å². The lowest BCUT2D eigenvalue weighted by molar-refractivity contribution is -0.135. The molecule has 17 heavy (non-hydrogen) atoms. The fourth-order valence-electron chi connectivity index (χ4n) is 1.79. The van der Waals surface area contributed by atoms with Gasteiger partial charge in [-0.25, -0.2) is 0 Å². The van der Waals surface area contributed by atoms with Gasteiger partial charge in [-0.15, -0.1) is 12.4 Å². The van der Waals surface area contributed by atoms with Crippen LogP contribution in [-0.4, -0.2) is 43.2 Å². The van der Waals surface area contributed by atoms with Crippen LogP contribution < -0.4 is 5.73 Å². The average molecular weight is 265 g/mol. The third-order valence-corrected chi connectivity index (χ3v) is 3.08. The molecule has 0 aliphatic carbocycles. The monoisotopic (exact) mass is 264 g/mol. The van der Waals surface area contributed by atoms with E-state index in [1.165, 1.54) is 0 Å². The van der Waals surface area contributed by atoms with Crippen molar-refractivity contribution in [3.8, 4) is 0 Å². The summed E-state index contributed by atoms with van der Waals surface area (Å²) in [7, 11) is 1.80. The van der Waals surface area contributed by atoms with E-state index in [2.05, 4.69) is 0 Å². The number of hydrogen-bond acceptors (Lipinski definition) is 3. The number of nitrogens with zero attached hydrogens (tertiary/aromatic N) is 1. The first kappa shape index (κ1) is 16.7. The summed E-state index contributed by atoms with van der Waals surface area (Å²) in [5.74, 6) is 0.00278. The van der Waals surface area contributed by atoms with Gasteiger partial charge in [-0.05, 0) is 18.3 Å². The molecule has 1 unspecified atom stereocenters. The van der Waals surface area contributed by atoms with E-state index in [4.69, 9.17) is 10.5 Å². The molecule has 1 aliphatic rings. The van der Waals surface area contributed by atoms with Gasteiger partial charge in [0.05, 0.1) is 12.1 Å². The van der Waals surface area contributed by atoms with Gasteiger partial charge in [0.25, 0.3) is 0 Å². The zero-order valence-corrected chi connectivity index (χ0v) is 12.0. The molecule has 1 rings (SSSR count). The number of nitrogens with two attached hydrogens (primary N) is 1. The van der Waals surface area contributed by atoms with Gasteiger partial charge in [0, 0.05) is 20.2 Å². The Morgan fingerprint density at radius 3 is 2.53 bits per heavy atom. The molecule has 1 amide bonds. The lowest BCUT2D eigenvalue weighted by Crippen LogP contribution is -2.50. The molecule has 5 heteroatoms. The van der Waals surface area contributed by atoms with Crippen molar-refractivity contribution in [1.29, 1.82) is 0 Å². The number of carbonyl (C=O) groups excluding carboxylic acids is 1. The maximum Gasteiger partial charge on any atom is 0.239 e. The summed E-state index contributed by atoms with van der Waals surface area (Å²) >= 11 is 0. The summed E-state index contributed by atoms with van der Waals surface area (Å²) in [6, 6.07) is -0.445. The zero-order valence-electron chi connectivity index (χ0n) is 11.2. The second-order valence-electron chi connectivity index (χ2n) is 5.70. The van der Waals surface area contributed by atoms with Gasteiger partial charge in [-0.2, -0.15) is 0 Å². The van der Waals surface area contributed by atoms with Crippen molar-refractivity contribution < 1.29 is 9.53 Å². The zero-order chi connectivity index (χ0) is 12.3. The van der Waals surface area contributed by atoms with Crippen molar-refractivity contribution >= 4 is 18.3 Å². The minimum atomic E-state index is -0.445. The molecule has 2 N–H and O–H groups in total. The molecule has 0 aromatic rings. The summed E-state index contributed by atoms with van der Waals surface area (Å²) in [6.45, 7) is 7.42. The van der Waals surface area contributed by atoms with Gasteiger partial charge in [0.2, 0.25) is 5.91 Å². The Kier molecular flexibility index (Phi) is 6.45. The second-order valence-corrected chi connectivity index (χ2v) is 5.70. The molecule has 4 nitrogen and oxygen atoms in total. The van der Waals surface area contributed by atoms with Crippen LogP contribution in [0.5, 0.6) is 0 Å². The minimum Gasteiger partial charge on any atom is -0.376 e. The maximum absolute atomic E-state index is 12.0. The molecular weight excluding hydrogens is 240 g/mol. The predicted molar refractivity (Wildman–Crippen MR) is 71.3 cm³/mol. The van der Waals surface area contributed by atoms with Crippen LogP contribution in [-0.2, 0) is 9.53 Å². The molecular formula is C12H25ClN2O2. The first-order chi connectivity index (χ1) is 7.32. The molecule has 1 fully saturated rings. The Morgan fingerprint density at radius 2 is 2.12 bits per heavy atom. The minimum absolute atomic E-state index is 0. The summed E-state index contributed by atoms with van der Waals surface area (Å²) in [6.07, 6.45) is 2.33. The van der Waals surface area contributed by atoms with Crippen LogP contribution in [0.1, 0.15) is 33.6 Å². The predicted octanol–water partition coefficient (Wildman–Crippen LogP) is 1.42. The first-order valence-corrected chi connectivity index (χ1v) is 5.94. The average Bonchev–Trinajstić information content (AvgIpc) is 2.66. The Balaban J connectivity index is 0.00000256. The highest BCUT2D eigenvalue weighted by Crippen LogP contribution is 2.20. The molecule has 2 atom stereocenters. The van der Waals surface area contributed by atoms with Crippen LogP contribution in [0.3, 0.4) is 0 Å². The number of ether oxygens (including phenoxy) is 1. The molecule has 0 bridgehead atoms. The Hall–Kier alpha value is -0.320. The third-order valence-electron chi connectivity index (χ3n) is 3.08. The SMILES string of the molecule is CN(CC1CCCO1)C(=O)[C@@H](N)C(C)(C)C.Cl. The fourth-order valence-corrected chi connectivity index (χ4v) is 1.79. The number of hydrogen-bond donors (Lipinski definition) is 1. The molecule has 0 spiro atoms. The Bertz CT molecular complexity index is 247. The van der Waals surface area contributed by atoms with Gasteiger partial charge >= 0.3 is 0 Å². The van der Waals surface area contributed by atoms with Gasteiger partial charge in [-0.3, -0.25) is 4.79 Å². The summed E-state index contributed by atoms with van der Waals surface area (Å²) < 4.78 is 5.50. The van der Waals surface area contributed by atoms with Crippen LogP contribution in [0.4, 0.5) is 0 Å². The smallest absolute Gasteiger partial charge is 0.239 e. The number of amides is 1. The second kappa shape index (κ2) is 6.57. The molecule has 0 radical (unpaired) electrons. The normalized spacial score (nSPS) is 21.8. The van der Waals surface area contributed by atoms with Crippen LogP contribution in [0, 0.1) is 5.41 Å². The van der Waals surface area contributed by atoms with Crippen molar-refractivity contribution in [3.63, 3.8) is 0 Å². The molecule has 102 valence electrons. The van der Waals surface area contributed by atoms with Crippen LogP contribution in [0.25, 0.3) is 0 Å². The topological polar surface area (TPSA) is 55.6 Å². The molecule has 0 aromatic heterocycles. The Morgan fingerprint density at radius 1 is 1.53 bits per heavy atom. The largest absolute Gasteiger partial charge is 0.376 e. The van der Waals surface area contributed by atoms with Crippen molar-refractivity contribution in [2.75, 3.05) is 20.2 Å². The summed E-state index contributed by atoms with van der Waals surface area (Å²) in [4.78, 5) is 13.7. The van der Waals surface area contributed by atoms with E-state index >= 15 is 0 Å². The molecule has 1 heterocycles. The quantitative estimate of drug-likeness (QED) is 0.839. The Labute approximate surface area is 110 Å². The summed E-state index contributed by atoms with van der Waals surface area (Å²) in [5.41, 5.74) is 5.74. The van der Waals surface area contributed by atoms with Crippen molar-refractivity contribution in [1.82, 2.24) is 4.90 Å². The van der Waals surface area contributed by atoms with Crippen LogP contribution in [0.2, 0.25) is 0 Å². The number of halogens is 1. The highest BCUT2D eigenvalue weighted by Gasteiger charge is 2.31. The van der Waals surface area contributed by atoms with E-state index in [1.807, 2.05) is 20.8 Å². The lowest BCUT2D eigenvalue weighted by Gasteiger charge is -2.31. The van der Waals surface area contributed by atoms with Gasteiger partial charge in [-0.1, -0.05) is 20.8 Å². The number of likely N-dealkylation sites (N-methyl/N-ethyl adjacent to an activating group) is 1. The highest BCUT2D eigenvalue weighted by atomic mass is 35.5. The van der Waals surface area contributed by atoms with Crippen molar-refractivity contribution in [2.45, 2.75) is 45.8 Å². The molecule has 1 aliphatic heterocycles. The number of carbonyl (C=O) groups is 1. The first-order valence-electron chi connectivity index (χ1n) is 5.94. The van der Waals surface area contributed by atoms with E-state index < -0.39 is 6.04 Å². The summed E-state index contributed by atoms with van der Waals surface area (Å²) in [5, 5.41) is 0. The van der Waals surface area contributed by atoms with Gasteiger partial charge in [0.1, 0.15) is 0 Å². The van der Waals surface area contributed by atoms with Crippen LogP contribution in [0.15, 0.2) is 0 Å². The van der Waals surface area contributed by atoms with E-state index in [9.17, 15) is 4.79 Å². The van der Waals surface area contributed by atoms with E-state index in [0.717, 1.165) is 19.4 Å². The lowest BCUT2D eigenvalue weighted by atomic mass is 9.86. The standard InChI is InChI=1S/C12H24N2O2.ClH/c1-12(2,3)10(13)11(15)14(4)8-9-6-5-7-16-9;/h9-10H,5-8,13H2,1-4H3;1H/t9?,10-;/m1./s1. The highest BCUT2D eigenvalue weighted by molar-refractivity contribution is 5.85. The van der Waals surface area contributed by atoms with Crippen molar-refractivity contribution in [3.05, 3.63) is 0 Å². The molecule has 0 aromatic carbocycles.